The molecule has 25 heavy (non-hydrogen) atoms. The number of benzene rings is 2. The minimum atomic E-state index is -0.420. The molecule has 2 rings (SSSR count). The van der Waals surface area contributed by atoms with Gasteiger partial charge < -0.3 is 14.8 Å². The Kier molecular flexibility index (Phi) is 6.82. The summed E-state index contributed by atoms with van der Waals surface area (Å²) >= 11 is 3.44. The molecule has 2 aromatic rings. The van der Waals surface area contributed by atoms with E-state index in [1.807, 2.05) is 25.1 Å². The number of hydrogen-bond acceptors (Lipinski definition) is 3. The second-order valence-corrected chi connectivity index (χ2v) is 6.51. The number of carbonyl (C=O) groups is 1. The lowest BCUT2D eigenvalue weighted by atomic mass is 10.1. The standard InChI is InChI=1S/C19H21BrFNO3/c1-12(14-6-8-17(24-2)15(20)11-14)22-19(23)9-5-13-4-7-18(25-3)16(21)10-13/h4,6-8,10-12H,5,9H2,1-3H3,(H,22,23). The van der Waals surface area contributed by atoms with Crippen LogP contribution in [0.3, 0.4) is 0 Å². The van der Waals surface area contributed by atoms with Crippen LogP contribution in [0.1, 0.15) is 30.5 Å². The lowest BCUT2D eigenvalue weighted by molar-refractivity contribution is -0.121. The third-order valence-electron chi connectivity index (χ3n) is 3.91. The first-order chi connectivity index (χ1) is 11.9. The van der Waals surface area contributed by atoms with E-state index in [9.17, 15) is 9.18 Å². The van der Waals surface area contributed by atoms with E-state index >= 15 is 0 Å². The van der Waals surface area contributed by atoms with Gasteiger partial charge in [-0.15, -0.1) is 0 Å². The van der Waals surface area contributed by atoms with Gasteiger partial charge in [0.1, 0.15) is 5.75 Å². The van der Waals surface area contributed by atoms with Crippen molar-refractivity contribution in [2.75, 3.05) is 14.2 Å². The van der Waals surface area contributed by atoms with Gasteiger partial charge in [0.15, 0.2) is 11.6 Å². The van der Waals surface area contributed by atoms with Gasteiger partial charge in [-0.3, -0.25) is 4.79 Å². The van der Waals surface area contributed by atoms with Gasteiger partial charge in [0.2, 0.25) is 5.91 Å². The van der Waals surface area contributed by atoms with Crippen LogP contribution < -0.4 is 14.8 Å². The van der Waals surface area contributed by atoms with E-state index in [1.165, 1.54) is 13.2 Å². The predicted molar refractivity (Wildman–Crippen MR) is 98.5 cm³/mol. The predicted octanol–water partition coefficient (Wildman–Crippen LogP) is 4.42. The zero-order valence-electron chi connectivity index (χ0n) is 14.4. The molecule has 0 aliphatic heterocycles. The van der Waals surface area contributed by atoms with Crippen LogP contribution in [0.25, 0.3) is 0 Å². The average Bonchev–Trinajstić information content (AvgIpc) is 2.60. The van der Waals surface area contributed by atoms with Crippen molar-refractivity contribution in [2.24, 2.45) is 0 Å². The molecule has 0 fully saturated rings. The number of nitrogens with one attached hydrogen (secondary N) is 1. The molecule has 6 heteroatoms. The highest BCUT2D eigenvalue weighted by molar-refractivity contribution is 9.10. The molecule has 0 spiro atoms. The Balaban J connectivity index is 1.91. The van der Waals surface area contributed by atoms with Gasteiger partial charge in [-0.25, -0.2) is 4.39 Å². The zero-order valence-corrected chi connectivity index (χ0v) is 16.0. The lowest BCUT2D eigenvalue weighted by Gasteiger charge is -2.16. The topological polar surface area (TPSA) is 47.6 Å². The molecule has 0 saturated carbocycles. The van der Waals surface area contributed by atoms with Crippen LogP contribution in [0.2, 0.25) is 0 Å². The number of rotatable bonds is 7. The number of carbonyl (C=O) groups excluding carboxylic acids is 1. The SMILES string of the molecule is COc1ccc(CCC(=O)NC(C)c2ccc(OC)c(Br)c2)cc1F. The highest BCUT2D eigenvalue weighted by atomic mass is 79.9. The molecule has 0 aromatic heterocycles. The molecule has 0 saturated heterocycles. The summed E-state index contributed by atoms with van der Waals surface area (Å²) in [6, 6.07) is 10.3. The van der Waals surface area contributed by atoms with Gasteiger partial charge in [0, 0.05) is 6.42 Å². The second-order valence-electron chi connectivity index (χ2n) is 5.65. The maximum atomic E-state index is 13.7. The highest BCUT2D eigenvalue weighted by Gasteiger charge is 2.12. The van der Waals surface area contributed by atoms with Gasteiger partial charge in [0.05, 0.1) is 24.7 Å². The summed E-state index contributed by atoms with van der Waals surface area (Å²) in [4.78, 5) is 12.2. The molecular weight excluding hydrogens is 389 g/mol. The minimum Gasteiger partial charge on any atom is -0.496 e. The van der Waals surface area contributed by atoms with E-state index in [0.29, 0.717) is 6.42 Å². The Morgan fingerprint density at radius 1 is 1.16 bits per heavy atom. The van der Waals surface area contributed by atoms with Crippen molar-refractivity contribution >= 4 is 21.8 Å². The minimum absolute atomic E-state index is 0.0873. The molecule has 0 aliphatic carbocycles. The fourth-order valence-corrected chi connectivity index (χ4v) is 3.03. The van der Waals surface area contributed by atoms with Crippen molar-refractivity contribution in [3.8, 4) is 11.5 Å². The summed E-state index contributed by atoms with van der Waals surface area (Å²) in [5.41, 5.74) is 1.73. The van der Waals surface area contributed by atoms with E-state index in [1.54, 1.807) is 19.2 Å². The van der Waals surface area contributed by atoms with Crippen molar-refractivity contribution in [2.45, 2.75) is 25.8 Å². The Labute approximate surface area is 155 Å². The Bertz CT molecular complexity index is 751. The smallest absolute Gasteiger partial charge is 0.220 e. The monoisotopic (exact) mass is 409 g/mol. The Morgan fingerprint density at radius 2 is 1.84 bits per heavy atom. The summed E-state index contributed by atoms with van der Waals surface area (Å²) in [5, 5.41) is 2.95. The normalized spacial score (nSPS) is 11.7. The summed E-state index contributed by atoms with van der Waals surface area (Å²) in [5.74, 6) is 0.434. The molecule has 2 aromatic carbocycles. The summed E-state index contributed by atoms with van der Waals surface area (Å²) in [6.07, 6.45) is 0.749. The Morgan fingerprint density at radius 3 is 2.44 bits per heavy atom. The van der Waals surface area contributed by atoms with E-state index in [0.717, 1.165) is 21.3 Å². The molecule has 1 unspecified atom stereocenters. The molecule has 0 aliphatic rings. The van der Waals surface area contributed by atoms with Gasteiger partial charge in [0.25, 0.3) is 0 Å². The number of methoxy groups -OCH3 is 2. The fraction of sp³-hybridized carbons (Fsp3) is 0.316. The fourth-order valence-electron chi connectivity index (χ4n) is 2.47. The maximum Gasteiger partial charge on any atom is 0.220 e. The van der Waals surface area contributed by atoms with Crippen LogP contribution in [0, 0.1) is 5.82 Å². The van der Waals surface area contributed by atoms with Crippen LogP contribution in [-0.4, -0.2) is 20.1 Å². The number of halogens is 2. The first-order valence-corrected chi connectivity index (χ1v) is 8.69. The Hall–Kier alpha value is -2.08. The van der Waals surface area contributed by atoms with Gasteiger partial charge >= 0.3 is 0 Å². The molecular formula is C19H21BrFNO3. The van der Waals surface area contributed by atoms with Crippen LogP contribution in [0.5, 0.6) is 11.5 Å². The number of hydrogen-bond donors (Lipinski definition) is 1. The number of amides is 1. The van der Waals surface area contributed by atoms with Crippen molar-refractivity contribution < 1.29 is 18.7 Å². The van der Waals surface area contributed by atoms with E-state index in [2.05, 4.69) is 21.2 Å². The third kappa shape index (κ3) is 5.19. The molecule has 1 N–H and O–H groups in total. The summed E-state index contributed by atoms with van der Waals surface area (Å²) in [7, 11) is 3.03. The average molecular weight is 410 g/mol. The van der Waals surface area contributed by atoms with Gasteiger partial charge in [-0.2, -0.15) is 0 Å². The number of ether oxygens (including phenoxy) is 2. The van der Waals surface area contributed by atoms with Crippen molar-refractivity contribution in [3.63, 3.8) is 0 Å². The quantitative estimate of drug-likeness (QED) is 0.736. The van der Waals surface area contributed by atoms with Gasteiger partial charge in [-0.1, -0.05) is 12.1 Å². The van der Waals surface area contributed by atoms with Crippen molar-refractivity contribution in [1.82, 2.24) is 5.32 Å². The molecule has 1 atom stereocenters. The highest BCUT2D eigenvalue weighted by Crippen LogP contribution is 2.28. The number of aryl methyl sites for hydroxylation is 1. The largest absolute Gasteiger partial charge is 0.496 e. The van der Waals surface area contributed by atoms with E-state index in [-0.39, 0.29) is 24.1 Å². The van der Waals surface area contributed by atoms with E-state index in [4.69, 9.17) is 9.47 Å². The third-order valence-corrected chi connectivity index (χ3v) is 4.53. The first kappa shape index (κ1) is 19.2. The van der Waals surface area contributed by atoms with E-state index < -0.39 is 5.82 Å². The second kappa shape index (κ2) is 8.85. The van der Waals surface area contributed by atoms with Crippen molar-refractivity contribution in [3.05, 3.63) is 57.8 Å². The molecule has 0 heterocycles. The first-order valence-electron chi connectivity index (χ1n) is 7.89. The maximum absolute atomic E-state index is 13.7. The molecule has 1 amide bonds. The van der Waals surface area contributed by atoms with Crippen LogP contribution in [0.4, 0.5) is 4.39 Å². The molecule has 0 radical (unpaired) electrons. The molecule has 0 bridgehead atoms. The van der Waals surface area contributed by atoms with Crippen LogP contribution >= 0.6 is 15.9 Å². The summed E-state index contributed by atoms with van der Waals surface area (Å²) < 4.78 is 24.6. The summed E-state index contributed by atoms with van der Waals surface area (Å²) in [6.45, 7) is 1.92. The lowest BCUT2D eigenvalue weighted by Crippen LogP contribution is -2.26. The van der Waals surface area contributed by atoms with Crippen LogP contribution in [-0.2, 0) is 11.2 Å². The molecule has 134 valence electrons. The molecule has 4 nitrogen and oxygen atoms in total. The van der Waals surface area contributed by atoms with Gasteiger partial charge in [-0.05, 0) is 64.7 Å². The van der Waals surface area contributed by atoms with Crippen LogP contribution in [0.15, 0.2) is 40.9 Å². The van der Waals surface area contributed by atoms with Crippen molar-refractivity contribution in [1.29, 1.82) is 0 Å². The zero-order chi connectivity index (χ0) is 18.4.